The summed E-state index contributed by atoms with van der Waals surface area (Å²) in [5.41, 5.74) is 2.87. The Kier molecular flexibility index (Phi) is 6.78. The van der Waals surface area contributed by atoms with Gasteiger partial charge in [0.25, 0.3) is 0 Å². The SMILES string of the molecule is CCCn1nnnc1CNC(c1ccc(C2CCCCC2)cc1)C(C)C. The van der Waals surface area contributed by atoms with Gasteiger partial charge in [-0.15, -0.1) is 5.10 Å². The minimum atomic E-state index is 0.308. The van der Waals surface area contributed by atoms with E-state index in [1.165, 1.54) is 43.2 Å². The topological polar surface area (TPSA) is 55.6 Å². The van der Waals surface area contributed by atoms with E-state index in [0.717, 1.165) is 24.7 Å². The Hall–Kier alpha value is -1.75. The van der Waals surface area contributed by atoms with Crippen molar-refractivity contribution >= 4 is 0 Å². The van der Waals surface area contributed by atoms with Crippen molar-refractivity contribution in [2.75, 3.05) is 0 Å². The standard InChI is InChI=1S/C21H33N5/c1-4-14-26-20(23-24-25-26)15-22-21(16(2)3)19-12-10-18(11-13-19)17-8-6-5-7-9-17/h10-13,16-17,21-22H,4-9,14-15H2,1-3H3. The number of hydrogen-bond acceptors (Lipinski definition) is 4. The molecule has 0 radical (unpaired) electrons. The van der Waals surface area contributed by atoms with Crippen molar-refractivity contribution < 1.29 is 0 Å². The van der Waals surface area contributed by atoms with Crippen LogP contribution in [0.4, 0.5) is 0 Å². The highest BCUT2D eigenvalue weighted by atomic mass is 15.5. The summed E-state index contributed by atoms with van der Waals surface area (Å²) in [4.78, 5) is 0. The molecule has 1 aromatic heterocycles. The first-order valence-electron chi connectivity index (χ1n) is 10.3. The summed E-state index contributed by atoms with van der Waals surface area (Å²) in [6.45, 7) is 8.24. The summed E-state index contributed by atoms with van der Waals surface area (Å²) in [5.74, 6) is 2.18. The Morgan fingerprint density at radius 1 is 1.12 bits per heavy atom. The summed E-state index contributed by atoms with van der Waals surface area (Å²) in [7, 11) is 0. The highest BCUT2D eigenvalue weighted by molar-refractivity contribution is 5.28. The lowest BCUT2D eigenvalue weighted by molar-refractivity contribution is 0.397. The van der Waals surface area contributed by atoms with Gasteiger partial charge in [-0.2, -0.15) is 0 Å². The first kappa shape index (κ1) is 19.0. The summed E-state index contributed by atoms with van der Waals surface area (Å²) in [6, 6.07) is 9.64. The van der Waals surface area contributed by atoms with Crippen molar-refractivity contribution in [3.63, 3.8) is 0 Å². The van der Waals surface area contributed by atoms with Crippen molar-refractivity contribution in [3.05, 3.63) is 41.2 Å². The molecule has 0 saturated heterocycles. The average Bonchev–Trinajstić information content (AvgIpc) is 3.10. The Morgan fingerprint density at radius 2 is 1.85 bits per heavy atom. The molecule has 3 rings (SSSR count). The number of benzene rings is 1. The Morgan fingerprint density at radius 3 is 2.50 bits per heavy atom. The van der Waals surface area contributed by atoms with E-state index in [0.29, 0.717) is 18.5 Å². The van der Waals surface area contributed by atoms with E-state index in [9.17, 15) is 0 Å². The lowest BCUT2D eigenvalue weighted by Gasteiger charge is -2.25. The van der Waals surface area contributed by atoms with E-state index in [1.807, 2.05) is 4.68 Å². The molecule has 2 aromatic rings. The van der Waals surface area contributed by atoms with E-state index in [4.69, 9.17) is 0 Å². The van der Waals surface area contributed by atoms with Crippen LogP contribution in [0.2, 0.25) is 0 Å². The normalized spacial score (nSPS) is 16.9. The molecular formula is C21H33N5. The molecule has 0 aliphatic heterocycles. The van der Waals surface area contributed by atoms with Gasteiger partial charge in [-0.05, 0) is 52.7 Å². The monoisotopic (exact) mass is 355 g/mol. The van der Waals surface area contributed by atoms with Crippen LogP contribution >= 0.6 is 0 Å². The third-order valence-electron chi connectivity index (χ3n) is 5.56. The van der Waals surface area contributed by atoms with E-state index >= 15 is 0 Å². The molecule has 0 bridgehead atoms. The number of rotatable bonds is 8. The van der Waals surface area contributed by atoms with Crippen LogP contribution in [0, 0.1) is 5.92 Å². The first-order chi connectivity index (χ1) is 12.7. The third kappa shape index (κ3) is 4.70. The molecule has 142 valence electrons. The number of nitrogens with zero attached hydrogens (tertiary/aromatic N) is 4. The van der Waals surface area contributed by atoms with Gasteiger partial charge in [-0.1, -0.05) is 64.3 Å². The smallest absolute Gasteiger partial charge is 0.165 e. The van der Waals surface area contributed by atoms with Gasteiger partial charge in [-0.25, -0.2) is 4.68 Å². The minimum absolute atomic E-state index is 0.308. The molecule has 1 N–H and O–H groups in total. The molecule has 1 heterocycles. The molecule has 1 aromatic carbocycles. The van der Waals surface area contributed by atoms with Crippen LogP contribution in [0.1, 0.15) is 88.2 Å². The Labute approximate surface area is 157 Å². The zero-order valence-electron chi connectivity index (χ0n) is 16.5. The summed E-state index contributed by atoms with van der Waals surface area (Å²) < 4.78 is 1.90. The second-order valence-electron chi connectivity index (χ2n) is 7.92. The Balaban J connectivity index is 1.66. The molecule has 1 unspecified atom stereocenters. The van der Waals surface area contributed by atoms with Crippen LogP contribution in [-0.2, 0) is 13.1 Å². The minimum Gasteiger partial charge on any atom is -0.303 e. The lowest BCUT2D eigenvalue weighted by Crippen LogP contribution is -2.27. The van der Waals surface area contributed by atoms with Crippen molar-refractivity contribution in [1.29, 1.82) is 0 Å². The number of tetrazole rings is 1. The molecule has 26 heavy (non-hydrogen) atoms. The average molecular weight is 356 g/mol. The van der Waals surface area contributed by atoms with Crippen molar-refractivity contribution in [2.24, 2.45) is 5.92 Å². The van der Waals surface area contributed by atoms with Gasteiger partial charge in [-0.3, -0.25) is 0 Å². The van der Waals surface area contributed by atoms with Gasteiger partial charge in [0.15, 0.2) is 5.82 Å². The first-order valence-corrected chi connectivity index (χ1v) is 10.3. The summed E-state index contributed by atoms with van der Waals surface area (Å²) in [6.07, 6.45) is 7.92. The van der Waals surface area contributed by atoms with E-state index in [-0.39, 0.29) is 0 Å². The highest BCUT2D eigenvalue weighted by Gasteiger charge is 2.19. The molecule has 0 amide bonds. The lowest BCUT2D eigenvalue weighted by atomic mass is 9.83. The fraction of sp³-hybridized carbons (Fsp3) is 0.667. The Bertz CT molecular complexity index is 655. The van der Waals surface area contributed by atoms with Crippen molar-refractivity contribution in [2.45, 2.75) is 84.3 Å². The number of aryl methyl sites for hydroxylation is 1. The maximum absolute atomic E-state index is 4.17. The zero-order chi connectivity index (χ0) is 18.4. The molecule has 1 fully saturated rings. The maximum Gasteiger partial charge on any atom is 0.165 e. The molecule has 1 atom stereocenters. The van der Waals surface area contributed by atoms with Crippen LogP contribution in [0.3, 0.4) is 0 Å². The van der Waals surface area contributed by atoms with Crippen molar-refractivity contribution in [1.82, 2.24) is 25.5 Å². The molecule has 5 heteroatoms. The summed E-state index contributed by atoms with van der Waals surface area (Å²) >= 11 is 0. The molecule has 1 aliphatic rings. The molecule has 1 saturated carbocycles. The van der Waals surface area contributed by atoms with Crippen LogP contribution in [0.15, 0.2) is 24.3 Å². The largest absolute Gasteiger partial charge is 0.303 e. The van der Waals surface area contributed by atoms with E-state index < -0.39 is 0 Å². The van der Waals surface area contributed by atoms with Crippen molar-refractivity contribution in [3.8, 4) is 0 Å². The fourth-order valence-electron chi connectivity index (χ4n) is 4.09. The van der Waals surface area contributed by atoms with E-state index in [1.54, 1.807) is 0 Å². The number of nitrogens with one attached hydrogen (secondary N) is 1. The number of aromatic nitrogens is 4. The van der Waals surface area contributed by atoms with E-state index in [2.05, 4.69) is 65.9 Å². The van der Waals surface area contributed by atoms with Gasteiger partial charge < -0.3 is 5.32 Å². The highest BCUT2D eigenvalue weighted by Crippen LogP contribution is 2.33. The predicted octanol–water partition coefficient (Wildman–Crippen LogP) is 4.62. The van der Waals surface area contributed by atoms with Gasteiger partial charge in [0.05, 0.1) is 6.54 Å². The quantitative estimate of drug-likeness (QED) is 0.751. The van der Waals surface area contributed by atoms with Gasteiger partial charge in [0, 0.05) is 12.6 Å². The molecule has 0 spiro atoms. The summed E-state index contributed by atoms with van der Waals surface area (Å²) in [5, 5.41) is 15.7. The molecule has 1 aliphatic carbocycles. The second-order valence-corrected chi connectivity index (χ2v) is 7.92. The number of hydrogen-bond donors (Lipinski definition) is 1. The van der Waals surface area contributed by atoms with Crippen LogP contribution < -0.4 is 5.32 Å². The fourth-order valence-corrected chi connectivity index (χ4v) is 4.09. The third-order valence-corrected chi connectivity index (χ3v) is 5.56. The van der Waals surface area contributed by atoms with Gasteiger partial charge >= 0.3 is 0 Å². The second kappa shape index (κ2) is 9.26. The van der Waals surface area contributed by atoms with Crippen LogP contribution in [-0.4, -0.2) is 20.2 Å². The van der Waals surface area contributed by atoms with Gasteiger partial charge in [0.1, 0.15) is 0 Å². The van der Waals surface area contributed by atoms with Crippen LogP contribution in [0.5, 0.6) is 0 Å². The maximum atomic E-state index is 4.17. The zero-order valence-corrected chi connectivity index (χ0v) is 16.5. The van der Waals surface area contributed by atoms with Gasteiger partial charge in [0.2, 0.25) is 0 Å². The molecular weight excluding hydrogens is 322 g/mol. The van der Waals surface area contributed by atoms with Crippen LogP contribution in [0.25, 0.3) is 0 Å². The molecule has 5 nitrogen and oxygen atoms in total. The predicted molar refractivity (Wildman–Crippen MR) is 105 cm³/mol.